The molecule has 1 aromatic carbocycles. The Kier molecular flexibility index (Phi) is 4.30. The third kappa shape index (κ3) is 3.66. The number of aromatic nitrogens is 2. The van der Waals surface area contributed by atoms with E-state index in [0.717, 1.165) is 5.56 Å². The number of benzene rings is 1. The van der Waals surface area contributed by atoms with E-state index in [2.05, 4.69) is 9.97 Å². The highest BCUT2D eigenvalue weighted by molar-refractivity contribution is 6.29. The molecule has 1 aromatic heterocycles. The van der Waals surface area contributed by atoms with Crippen LogP contribution in [0.5, 0.6) is 5.75 Å². The largest absolute Gasteiger partial charge is 0.497 e. The predicted octanol–water partition coefficient (Wildman–Crippen LogP) is 2.50. The molecule has 0 aliphatic carbocycles. The van der Waals surface area contributed by atoms with Crippen LogP contribution in [0.25, 0.3) is 0 Å². The Morgan fingerprint density at radius 3 is 2.95 bits per heavy atom. The summed E-state index contributed by atoms with van der Waals surface area (Å²) in [4.78, 5) is 19.3. The minimum atomic E-state index is -0.571. The molecular formula is C13H11ClN2O3. The van der Waals surface area contributed by atoms with Gasteiger partial charge in [-0.05, 0) is 17.7 Å². The molecule has 0 fully saturated rings. The van der Waals surface area contributed by atoms with Crippen molar-refractivity contribution in [1.82, 2.24) is 9.97 Å². The van der Waals surface area contributed by atoms with E-state index in [-0.39, 0.29) is 17.5 Å². The van der Waals surface area contributed by atoms with Gasteiger partial charge in [-0.25, -0.2) is 9.78 Å². The van der Waals surface area contributed by atoms with E-state index in [1.165, 1.54) is 12.4 Å². The van der Waals surface area contributed by atoms with Crippen molar-refractivity contribution in [2.45, 2.75) is 6.61 Å². The predicted molar refractivity (Wildman–Crippen MR) is 69.2 cm³/mol. The second-order valence-corrected chi connectivity index (χ2v) is 4.04. The number of carbonyl (C=O) groups excluding carboxylic acids is 1. The first-order valence-corrected chi connectivity index (χ1v) is 5.84. The molecule has 0 saturated heterocycles. The number of nitrogens with zero attached hydrogens (tertiary/aromatic N) is 2. The smallest absolute Gasteiger partial charge is 0.358 e. The average molecular weight is 279 g/mol. The fourth-order valence-corrected chi connectivity index (χ4v) is 1.57. The zero-order chi connectivity index (χ0) is 13.7. The van der Waals surface area contributed by atoms with Crippen LogP contribution < -0.4 is 4.74 Å². The minimum absolute atomic E-state index is 0.0791. The van der Waals surface area contributed by atoms with Crippen LogP contribution in [-0.2, 0) is 11.3 Å². The number of methoxy groups -OCH3 is 1. The van der Waals surface area contributed by atoms with Crippen molar-refractivity contribution in [1.29, 1.82) is 0 Å². The van der Waals surface area contributed by atoms with Gasteiger partial charge < -0.3 is 9.47 Å². The summed E-state index contributed by atoms with van der Waals surface area (Å²) in [6, 6.07) is 7.26. The maximum atomic E-state index is 11.7. The first-order chi connectivity index (χ1) is 9.19. The number of rotatable bonds is 4. The summed E-state index contributed by atoms with van der Waals surface area (Å²) in [5.74, 6) is 0.133. The molecule has 5 nitrogen and oxygen atoms in total. The molecule has 0 spiro atoms. The van der Waals surface area contributed by atoms with Crippen molar-refractivity contribution in [2.24, 2.45) is 0 Å². The quantitative estimate of drug-likeness (QED) is 0.804. The van der Waals surface area contributed by atoms with Gasteiger partial charge in [0.1, 0.15) is 17.5 Å². The van der Waals surface area contributed by atoms with Gasteiger partial charge >= 0.3 is 5.97 Å². The van der Waals surface area contributed by atoms with Crippen LogP contribution in [-0.4, -0.2) is 23.0 Å². The Morgan fingerprint density at radius 1 is 1.37 bits per heavy atom. The summed E-state index contributed by atoms with van der Waals surface area (Å²) in [5.41, 5.74) is 0.901. The molecule has 98 valence electrons. The molecule has 0 saturated carbocycles. The van der Waals surface area contributed by atoms with Crippen molar-refractivity contribution in [3.8, 4) is 5.75 Å². The zero-order valence-electron chi connectivity index (χ0n) is 10.2. The zero-order valence-corrected chi connectivity index (χ0v) is 10.9. The number of hydrogen-bond donors (Lipinski definition) is 0. The van der Waals surface area contributed by atoms with Gasteiger partial charge in [-0.1, -0.05) is 23.7 Å². The van der Waals surface area contributed by atoms with Gasteiger partial charge in [0.2, 0.25) is 0 Å². The number of hydrogen-bond acceptors (Lipinski definition) is 5. The van der Waals surface area contributed by atoms with Gasteiger partial charge in [-0.3, -0.25) is 4.98 Å². The molecule has 19 heavy (non-hydrogen) atoms. The fourth-order valence-electron chi connectivity index (χ4n) is 1.43. The highest BCUT2D eigenvalue weighted by Gasteiger charge is 2.10. The Labute approximate surface area is 115 Å². The molecule has 0 bridgehead atoms. The molecular weight excluding hydrogens is 268 g/mol. The highest BCUT2D eigenvalue weighted by Crippen LogP contribution is 2.14. The molecule has 2 aromatic rings. The van der Waals surface area contributed by atoms with E-state index < -0.39 is 5.97 Å². The third-order valence-electron chi connectivity index (χ3n) is 2.32. The highest BCUT2D eigenvalue weighted by atomic mass is 35.5. The number of halogens is 1. The lowest BCUT2D eigenvalue weighted by molar-refractivity contribution is 0.0465. The van der Waals surface area contributed by atoms with Crippen molar-refractivity contribution in [3.05, 3.63) is 53.1 Å². The van der Waals surface area contributed by atoms with Crippen LogP contribution in [0, 0.1) is 0 Å². The van der Waals surface area contributed by atoms with Crippen LogP contribution >= 0.6 is 11.6 Å². The molecule has 0 aliphatic heterocycles. The summed E-state index contributed by atoms with van der Waals surface area (Å²) < 4.78 is 10.2. The molecule has 0 aliphatic rings. The van der Waals surface area contributed by atoms with Gasteiger partial charge in [0.15, 0.2) is 5.69 Å². The van der Waals surface area contributed by atoms with Gasteiger partial charge in [-0.15, -0.1) is 0 Å². The molecule has 0 atom stereocenters. The van der Waals surface area contributed by atoms with Crippen LogP contribution in [0.4, 0.5) is 0 Å². The summed E-state index contributed by atoms with van der Waals surface area (Å²) in [7, 11) is 1.58. The van der Waals surface area contributed by atoms with E-state index in [0.29, 0.717) is 5.75 Å². The van der Waals surface area contributed by atoms with Crippen LogP contribution in [0.15, 0.2) is 36.7 Å². The summed E-state index contributed by atoms with van der Waals surface area (Å²) in [6.45, 7) is 0.129. The number of ether oxygens (including phenoxy) is 2. The van der Waals surface area contributed by atoms with Gasteiger partial charge in [-0.2, -0.15) is 0 Å². The van der Waals surface area contributed by atoms with E-state index >= 15 is 0 Å². The average Bonchev–Trinajstić information content (AvgIpc) is 2.45. The van der Waals surface area contributed by atoms with E-state index in [1.807, 2.05) is 18.2 Å². The molecule has 1 heterocycles. The van der Waals surface area contributed by atoms with Crippen molar-refractivity contribution in [2.75, 3.05) is 7.11 Å². The molecule has 2 rings (SSSR count). The Balaban J connectivity index is 2.00. The molecule has 0 unspecified atom stereocenters. The second-order valence-electron chi connectivity index (χ2n) is 3.65. The number of carbonyl (C=O) groups is 1. The first-order valence-electron chi connectivity index (χ1n) is 5.46. The Morgan fingerprint density at radius 2 is 2.21 bits per heavy atom. The summed E-state index contributed by atoms with van der Waals surface area (Å²) >= 11 is 5.65. The van der Waals surface area contributed by atoms with Crippen LogP contribution in [0.3, 0.4) is 0 Å². The third-order valence-corrected chi connectivity index (χ3v) is 2.50. The summed E-state index contributed by atoms with van der Waals surface area (Å²) in [5, 5.41) is 0.149. The topological polar surface area (TPSA) is 61.3 Å². The van der Waals surface area contributed by atoms with Crippen LogP contribution in [0.1, 0.15) is 16.1 Å². The van der Waals surface area contributed by atoms with Gasteiger partial charge in [0.25, 0.3) is 0 Å². The van der Waals surface area contributed by atoms with Crippen molar-refractivity contribution in [3.63, 3.8) is 0 Å². The second kappa shape index (κ2) is 6.15. The van der Waals surface area contributed by atoms with Crippen molar-refractivity contribution >= 4 is 17.6 Å². The SMILES string of the molecule is COc1cccc(COC(=O)c2cncc(Cl)n2)c1. The fraction of sp³-hybridized carbons (Fsp3) is 0.154. The lowest BCUT2D eigenvalue weighted by Gasteiger charge is -2.06. The standard InChI is InChI=1S/C13H11ClN2O3/c1-18-10-4-2-3-9(5-10)8-19-13(17)11-6-15-7-12(14)16-11/h2-7H,8H2,1H3. The minimum Gasteiger partial charge on any atom is -0.497 e. The molecule has 0 amide bonds. The Bertz CT molecular complexity index is 590. The van der Waals surface area contributed by atoms with Gasteiger partial charge in [0, 0.05) is 0 Å². The maximum absolute atomic E-state index is 11.7. The number of esters is 1. The first kappa shape index (κ1) is 13.3. The van der Waals surface area contributed by atoms with Crippen LogP contribution in [0.2, 0.25) is 5.15 Å². The monoisotopic (exact) mass is 278 g/mol. The molecule has 0 N–H and O–H groups in total. The van der Waals surface area contributed by atoms with E-state index in [4.69, 9.17) is 21.1 Å². The summed E-state index contributed by atoms with van der Waals surface area (Å²) in [6.07, 6.45) is 2.65. The molecule has 0 radical (unpaired) electrons. The van der Waals surface area contributed by atoms with Crippen molar-refractivity contribution < 1.29 is 14.3 Å². The van der Waals surface area contributed by atoms with E-state index in [1.54, 1.807) is 13.2 Å². The van der Waals surface area contributed by atoms with E-state index in [9.17, 15) is 4.79 Å². The molecule has 6 heteroatoms. The normalized spacial score (nSPS) is 10.0. The Hall–Kier alpha value is -2.14. The van der Waals surface area contributed by atoms with Gasteiger partial charge in [0.05, 0.1) is 19.5 Å². The maximum Gasteiger partial charge on any atom is 0.358 e. The lowest BCUT2D eigenvalue weighted by atomic mass is 10.2. The lowest BCUT2D eigenvalue weighted by Crippen LogP contribution is -2.08.